The molecule has 72 valence electrons. The molecule has 3 nitrogen and oxygen atoms in total. The van der Waals surface area contributed by atoms with E-state index in [1.165, 1.54) is 0 Å². The molecule has 0 aromatic rings. The van der Waals surface area contributed by atoms with Crippen LogP contribution in [0.25, 0.3) is 0 Å². The number of hydrogen-bond donors (Lipinski definition) is 1. The lowest BCUT2D eigenvalue weighted by molar-refractivity contribution is -0.117. The number of hydrogen-bond acceptors (Lipinski definition) is 2. The molecular weight excluding hydrogens is 234 g/mol. The van der Waals surface area contributed by atoms with Crippen LogP contribution in [-0.4, -0.2) is 24.7 Å². The summed E-state index contributed by atoms with van der Waals surface area (Å²) >= 11 is 2.89. The van der Waals surface area contributed by atoms with E-state index < -0.39 is 0 Å². The summed E-state index contributed by atoms with van der Waals surface area (Å²) in [7, 11) is 0. The van der Waals surface area contributed by atoms with Gasteiger partial charge in [0.05, 0.1) is 12.1 Å². The van der Waals surface area contributed by atoms with Gasteiger partial charge in [0.1, 0.15) is 0 Å². The molecule has 1 aliphatic rings. The molecule has 1 N–H and O–H groups in total. The third-order valence-electron chi connectivity index (χ3n) is 2.32. The van der Waals surface area contributed by atoms with E-state index in [0.29, 0.717) is 6.61 Å². The topological polar surface area (TPSA) is 38.3 Å². The molecule has 0 aromatic heterocycles. The quantitative estimate of drug-likeness (QED) is 0.739. The minimum absolute atomic E-state index is 0.187. The Labute approximate surface area is 86.3 Å². The molecule has 0 spiro atoms. The third kappa shape index (κ3) is 2.71. The monoisotopic (exact) mass is 245 g/mol. The maximum Gasteiger partial charge on any atom is 0.297 e. The zero-order valence-electron chi connectivity index (χ0n) is 7.52. The Bertz CT molecular complexity index is 248. The molecular formula is C9H12BrNO2. The molecule has 0 bridgehead atoms. The zero-order chi connectivity index (χ0) is 9.73. The van der Waals surface area contributed by atoms with Gasteiger partial charge >= 0.3 is 0 Å². The fraction of sp³-hybridized carbons (Fsp3) is 0.667. The van der Waals surface area contributed by atoms with Crippen molar-refractivity contribution in [3.05, 3.63) is 0 Å². The second kappa shape index (κ2) is 4.64. The summed E-state index contributed by atoms with van der Waals surface area (Å²) in [6.07, 6.45) is 1.75. The molecule has 0 aromatic carbocycles. The molecule has 1 atom stereocenters. The van der Waals surface area contributed by atoms with Crippen molar-refractivity contribution in [2.75, 3.05) is 13.2 Å². The van der Waals surface area contributed by atoms with Crippen molar-refractivity contribution in [3.63, 3.8) is 0 Å². The predicted octanol–water partition coefficient (Wildman–Crippen LogP) is 1.03. The molecule has 1 rings (SSSR count). The van der Waals surface area contributed by atoms with Gasteiger partial charge in [-0.25, -0.2) is 0 Å². The largest absolute Gasteiger partial charge is 0.379 e. The van der Waals surface area contributed by atoms with E-state index in [9.17, 15) is 4.79 Å². The van der Waals surface area contributed by atoms with E-state index in [0.717, 1.165) is 19.4 Å². The van der Waals surface area contributed by atoms with Gasteiger partial charge in [0, 0.05) is 28.5 Å². The molecule has 0 radical (unpaired) electrons. The predicted molar refractivity (Wildman–Crippen MR) is 53.3 cm³/mol. The Morgan fingerprint density at radius 2 is 2.54 bits per heavy atom. The summed E-state index contributed by atoms with van der Waals surface area (Å²) in [4.78, 5) is 13.6. The number of ether oxygens (including phenoxy) is 1. The lowest BCUT2D eigenvalue weighted by Gasteiger charge is -2.25. The van der Waals surface area contributed by atoms with E-state index in [4.69, 9.17) is 4.74 Å². The van der Waals surface area contributed by atoms with Crippen molar-refractivity contribution in [1.29, 1.82) is 0 Å². The second-order valence-electron chi connectivity index (χ2n) is 3.11. The maximum absolute atomic E-state index is 11.2. The summed E-state index contributed by atoms with van der Waals surface area (Å²) in [6, 6.07) is 0. The molecule has 1 saturated heterocycles. The molecule has 1 amide bonds. The number of amides is 1. The first-order valence-corrected chi connectivity index (χ1v) is 5.03. The standard InChI is InChI=1S/C9H12BrNO2/c1-2-9(4-6-13-7-9)11-8(12)3-5-10/h2,4,6-7H2,1H3,(H,11,12). The van der Waals surface area contributed by atoms with Crippen molar-refractivity contribution in [1.82, 2.24) is 5.32 Å². The van der Waals surface area contributed by atoms with Gasteiger partial charge < -0.3 is 10.1 Å². The summed E-state index contributed by atoms with van der Waals surface area (Å²) in [5, 5.41) is 2.88. The maximum atomic E-state index is 11.2. The molecule has 1 fully saturated rings. The molecule has 1 aliphatic heterocycles. The van der Waals surface area contributed by atoms with Crippen LogP contribution in [0.2, 0.25) is 0 Å². The van der Waals surface area contributed by atoms with Crippen LogP contribution >= 0.6 is 15.9 Å². The van der Waals surface area contributed by atoms with Crippen LogP contribution in [0.1, 0.15) is 19.8 Å². The van der Waals surface area contributed by atoms with Gasteiger partial charge in [0.2, 0.25) is 0 Å². The first-order valence-electron chi connectivity index (χ1n) is 4.24. The minimum atomic E-state index is -0.246. The van der Waals surface area contributed by atoms with Gasteiger partial charge in [0.25, 0.3) is 5.91 Å². The van der Waals surface area contributed by atoms with Crippen molar-refractivity contribution < 1.29 is 9.53 Å². The van der Waals surface area contributed by atoms with Gasteiger partial charge in [-0.15, -0.1) is 0 Å². The van der Waals surface area contributed by atoms with Crippen LogP contribution in [-0.2, 0) is 9.53 Å². The molecule has 0 aliphatic carbocycles. The van der Waals surface area contributed by atoms with Crippen molar-refractivity contribution in [3.8, 4) is 10.8 Å². The molecule has 0 saturated carbocycles. The molecule has 4 heteroatoms. The minimum Gasteiger partial charge on any atom is -0.379 e. The SMILES string of the molecule is CCC1(NC(=O)C#CBr)CCOC1. The lowest BCUT2D eigenvalue weighted by Crippen LogP contribution is -2.48. The van der Waals surface area contributed by atoms with Crippen molar-refractivity contribution in [2.45, 2.75) is 25.3 Å². The van der Waals surface area contributed by atoms with Gasteiger partial charge in [-0.1, -0.05) is 6.92 Å². The third-order valence-corrected chi connectivity index (χ3v) is 2.52. The summed E-state index contributed by atoms with van der Waals surface area (Å²) in [5.74, 6) is 2.15. The smallest absolute Gasteiger partial charge is 0.297 e. The number of rotatable bonds is 2. The second-order valence-corrected chi connectivity index (χ2v) is 3.51. The summed E-state index contributed by atoms with van der Waals surface area (Å²) in [5.41, 5.74) is -0.187. The lowest BCUT2D eigenvalue weighted by atomic mass is 9.95. The molecule has 1 unspecified atom stereocenters. The highest BCUT2D eigenvalue weighted by Crippen LogP contribution is 2.21. The fourth-order valence-electron chi connectivity index (χ4n) is 1.39. The van der Waals surface area contributed by atoms with Gasteiger partial charge in [0.15, 0.2) is 0 Å². The average Bonchev–Trinajstić information content (AvgIpc) is 2.54. The highest BCUT2D eigenvalue weighted by atomic mass is 79.9. The Balaban J connectivity index is 2.56. The zero-order valence-corrected chi connectivity index (χ0v) is 9.11. The van der Waals surface area contributed by atoms with E-state index in [-0.39, 0.29) is 11.4 Å². The van der Waals surface area contributed by atoms with Gasteiger partial charge in [-0.3, -0.25) is 4.79 Å². The highest BCUT2D eigenvalue weighted by Gasteiger charge is 2.34. The van der Waals surface area contributed by atoms with Crippen LogP contribution in [0.3, 0.4) is 0 Å². The Morgan fingerprint density at radius 3 is 3.00 bits per heavy atom. The van der Waals surface area contributed by atoms with E-state index in [1.54, 1.807) is 0 Å². The Kier molecular flexibility index (Phi) is 3.76. The number of nitrogens with one attached hydrogen (secondary N) is 1. The molecule has 13 heavy (non-hydrogen) atoms. The Hall–Kier alpha value is -0.530. The van der Waals surface area contributed by atoms with Crippen molar-refractivity contribution in [2.24, 2.45) is 0 Å². The number of carbonyl (C=O) groups excluding carboxylic acids is 1. The van der Waals surface area contributed by atoms with E-state index >= 15 is 0 Å². The first kappa shape index (κ1) is 10.6. The average molecular weight is 246 g/mol. The van der Waals surface area contributed by atoms with Gasteiger partial charge in [-0.2, -0.15) is 0 Å². The van der Waals surface area contributed by atoms with Crippen LogP contribution < -0.4 is 5.32 Å². The number of carbonyl (C=O) groups is 1. The van der Waals surface area contributed by atoms with Crippen LogP contribution in [0.4, 0.5) is 0 Å². The van der Waals surface area contributed by atoms with Crippen molar-refractivity contribution >= 4 is 21.8 Å². The van der Waals surface area contributed by atoms with Crippen LogP contribution in [0.5, 0.6) is 0 Å². The van der Waals surface area contributed by atoms with Crippen LogP contribution in [0, 0.1) is 10.8 Å². The van der Waals surface area contributed by atoms with Crippen LogP contribution in [0.15, 0.2) is 0 Å². The normalized spacial score (nSPS) is 26.3. The summed E-state index contributed by atoms with van der Waals surface area (Å²) in [6.45, 7) is 3.35. The van der Waals surface area contributed by atoms with Gasteiger partial charge in [-0.05, 0) is 17.7 Å². The molecule has 1 heterocycles. The van der Waals surface area contributed by atoms with E-state index in [1.807, 2.05) is 6.92 Å². The number of halogens is 1. The summed E-state index contributed by atoms with van der Waals surface area (Å²) < 4.78 is 5.26. The Morgan fingerprint density at radius 1 is 1.77 bits per heavy atom. The highest BCUT2D eigenvalue weighted by molar-refractivity contribution is 9.12. The fourth-order valence-corrected chi connectivity index (χ4v) is 1.57. The van der Waals surface area contributed by atoms with E-state index in [2.05, 4.69) is 32.0 Å². The first-order chi connectivity index (χ1) is 6.22.